The first-order valence-corrected chi connectivity index (χ1v) is 7.83. The van der Waals surface area contributed by atoms with Crippen molar-refractivity contribution >= 4 is 19.2 Å². The third-order valence-electron chi connectivity index (χ3n) is 2.18. The summed E-state index contributed by atoms with van der Waals surface area (Å²) in [7, 11) is -4.61. The molecule has 0 aromatic rings. The molecule has 0 unspecified atom stereocenters. The summed E-state index contributed by atoms with van der Waals surface area (Å²) in [5, 5.41) is 0.0192. The van der Waals surface area contributed by atoms with Crippen LogP contribution in [0.5, 0.6) is 0 Å². The van der Waals surface area contributed by atoms with Gasteiger partial charge in [-0.25, -0.2) is 8.42 Å². The van der Waals surface area contributed by atoms with E-state index < -0.39 is 19.2 Å². The van der Waals surface area contributed by atoms with Gasteiger partial charge in [0.1, 0.15) is 0 Å². The SMILES string of the molecule is CC(C)(C)[Si](C)(C)ON[SH](=O)=O. The summed E-state index contributed by atoms with van der Waals surface area (Å²) in [4.78, 5) is 2.01. The fraction of sp³-hybridized carbons (Fsp3) is 1.00. The van der Waals surface area contributed by atoms with Gasteiger partial charge in [-0.3, -0.25) is 0 Å². The normalized spacial score (nSPS) is 13.8. The maximum absolute atomic E-state index is 10.2. The molecule has 0 spiro atoms. The zero-order valence-electron chi connectivity index (χ0n) is 8.17. The lowest BCUT2D eigenvalue weighted by molar-refractivity contribution is 0.246. The van der Waals surface area contributed by atoms with E-state index >= 15 is 0 Å². The highest BCUT2D eigenvalue weighted by molar-refractivity contribution is 7.70. The average molecular weight is 211 g/mol. The summed E-state index contributed by atoms with van der Waals surface area (Å²) >= 11 is 0. The summed E-state index contributed by atoms with van der Waals surface area (Å²) in [6.07, 6.45) is 0. The van der Waals surface area contributed by atoms with Crippen LogP contribution < -0.4 is 4.89 Å². The smallest absolute Gasteiger partial charge is 0.222 e. The lowest BCUT2D eigenvalue weighted by atomic mass is 10.2. The monoisotopic (exact) mass is 211 g/mol. The van der Waals surface area contributed by atoms with Crippen LogP contribution in [0.25, 0.3) is 0 Å². The van der Waals surface area contributed by atoms with Gasteiger partial charge in [0.25, 0.3) is 0 Å². The molecule has 0 saturated heterocycles. The minimum atomic E-state index is -2.65. The van der Waals surface area contributed by atoms with Gasteiger partial charge >= 0.3 is 0 Å². The maximum Gasteiger partial charge on any atom is 0.222 e. The third-order valence-corrected chi connectivity index (χ3v) is 6.82. The standard InChI is InChI=1S/C6H17NO3SSi/c1-6(2,3)12(4,5)10-7-11(8)9/h11H,1-5H3,(H,7,8,9). The highest BCUT2D eigenvalue weighted by Crippen LogP contribution is 2.35. The van der Waals surface area contributed by atoms with Crippen molar-refractivity contribution in [1.29, 1.82) is 0 Å². The molecular formula is C6H17NO3SSi. The molecule has 6 heteroatoms. The van der Waals surface area contributed by atoms with Gasteiger partial charge < -0.3 is 4.53 Å². The molecule has 0 aromatic carbocycles. The Kier molecular flexibility index (Phi) is 3.89. The fourth-order valence-electron chi connectivity index (χ4n) is 0.304. The van der Waals surface area contributed by atoms with Crippen LogP contribution in [0.15, 0.2) is 0 Å². The Bertz CT molecular complexity index is 211. The average Bonchev–Trinajstić information content (AvgIpc) is 1.81. The van der Waals surface area contributed by atoms with E-state index in [4.69, 9.17) is 4.53 Å². The highest BCUT2D eigenvalue weighted by Gasteiger charge is 2.38. The highest BCUT2D eigenvalue weighted by atomic mass is 32.2. The minimum Gasteiger partial charge on any atom is -0.332 e. The van der Waals surface area contributed by atoms with Crippen LogP contribution in [0, 0.1) is 0 Å². The number of hydrogen-bond acceptors (Lipinski definition) is 3. The Morgan fingerprint density at radius 1 is 1.25 bits per heavy atom. The van der Waals surface area contributed by atoms with E-state index in [1.54, 1.807) is 0 Å². The van der Waals surface area contributed by atoms with Gasteiger partial charge in [-0.05, 0) is 18.1 Å². The molecule has 0 aliphatic rings. The van der Waals surface area contributed by atoms with Gasteiger partial charge in [0.2, 0.25) is 19.2 Å². The van der Waals surface area contributed by atoms with Gasteiger partial charge in [0, 0.05) is 0 Å². The van der Waals surface area contributed by atoms with Crippen molar-refractivity contribution < 1.29 is 12.9 Å². The van der Waals surface area contributed by atoms with Crippen molar-refractivity contribution in [3.8, 4) is 0 Å². The first-order chi connectivity index (χ1) is 5.17. The predicted octanol–water partition coefficient (Wildman–Crippen LogP) is 1.04. The molecule has 0 fully saturated rings. The van der Waals surface area contributed by atoms with Crippen LogP contribution in [-0.2, 0) is 15.4 Å². The van der Waals surface area contributed by atoms with Gasteiger partial charge in [-0.1, -0.05) is 20.8 Å². The number of rotatable bonds is 3. The van der Waals surface area contributed by atoms with Crippen molar-refractivity contribution in [1.82, 2.24) is 4.89 Å². The van der Waals surface area contributed by atoms with E-state index in [-0.39, 0.29) is 5.04 Å². The first-order valence-electron chi connectivity index (χ1n) is 3.75. The summed E-state index contributed by atoms with van der Waals surface area (Å²) in [6, 6.07) is 0. The van der Waals surface area contributed by atoms with Crippen LogP contribution in [0.4, 0.5) is 0 Å². The topological polar surface area (TPSA) is 55.4 Å². The lowest BCUT2D eigenvalue weighted by Gasteiger charge is -2.34. The number of thiol groups is 1. The molecule has 0 radical (unpaired) electrons. The summed E-state index contributed by atoms with van der Waals surface area (Å²) in [6.45, 7) is 10.1. The Balaban J connectivity index is 4.23. The van der Waals surface area contributed by atoms with Gasteiger partial charge in [-0.2, -0.15) is 0 Å². The van der Waals surface area contributed by atoms with E-state index in [0.29, 0.717) is 0 Å². The third kappa shape index (κ3) is 3.66. The van der Waals surface area contributed by atoms with E-state index in [1.165, 1.54) is 0 Å². The van der Waals surface area contributed by atoms with Crippen molar-refractivity contribution in [3.05, 3.63) is 0 Å². The molecule has 0 atom stereocenters. The van der Waals surface area contributed by atoms with Crippen molar-refractivity contribution in [2.45, 2.75) is 38.9 Å². The summed E-state index contributed by atoms with van der Waals surface area (Å²) < 4.78 is 25.5. The molecule has 0 bridgehead atoms. The molecule has 0 aromatic heterocycles. The van der Waals surface area contributed by atoms with Crippen LogP contribution >= 0.6 is 0 Å². The van der Waals surface area contributed by atoms with Crippen LogP contribution in [0.2, 0.25) is 18.1 Å². The molecule has 0 aliphatic heterocycles. The van der Waals surface area contributed by atoms with Gasteiger partial charge in [-0.15, -0.1) is 4.89 Å². The summed E-state index contributed by atoms with van der Waals surface area (Å²) in [5.74, 6) is 0. The van der Waals surface area contributed by atoms with E-state index in [9.17, 15) is 8.42 Å². The van der Waals surface area contributed by atoms with Crippen LogP contribution in [0.3, 0.4) is 0 Å². The van der Waals surface area contributed by atoms with Gasteiger partial charge in [0.15, 0.2) is 0 Å². The Morgan fingerprint density at radius 2 is 1.67 bits per heavy atom. The van der Waals surface area contributed by atoms with E-state index in [0.717, 1.165) is 0 Å². The molecule has 0 saturated carbocycles. The second kappa shape index (κ2) is 3.86. The molecular weight excluding hydrogens is 194 g/mol. The molecule has 74 valence electrons. The lowest BCUT2D eigenvalue weighted by Crippen LogP contribution is -2.44. The molecule has 0 rings (SSSR count). The van der Waals surface area contributed by atoms with Crippen molar-refractivity contribution in [3.63, 3.8) is 0 Å². The molecule has 1 N–H and O–H groups in total. The second-order valence-corrected chi connectivity index (χ2v) is 9.63. The van der Waals surface area contributed by atoms with Crippen molar-refractivity contribution in [2.24, 2.45) is 0 Å². The number of nitrogens with one attached hydrogen (secondary N) is 1. The molecule has 0 aliphatic carbocycles. The quantitative estimate of drug-likeness (QED) is 0.416. The summed E-state index contributed by atoms with van der Waals surface area (Å²) in [5.41, 5.74) is 0. The Labute approximate surface area is 76.5 Å². The molecule has 0 amide bonds. The Hall–Kier alpha value is 0.0869. The van der Waals surface area contributed by atoms with Crippen LogP contribution in [0.1, 0.15) is 20.8 Å². The first kappa shape index (κ1) is 12.1. The van der Waals surface area contributed by atoms with E-state index in [1.807, 2.05) is 38.8 Å². The molecule has 12 heavy (non-hydrogen) atoms. The molecule has 0 heterocycles. The predicted molar refractivity (Wildman–Crippen MR) is 51.7 cm³/mol. The number of hydrogen-bond donors (Lipinski definition) is 2. The second-order valence-electron chi connectivity index (χ2n) is 4.21. The largest absolute Gasteiger partial charge is 0.332 e. The van der Waals surface area contributed by atoms with Crippen LogP contribution in [-0.4, -0.2) is 16.7 Å². The molecule has 4 nitrogen and oxygen atoms in total. The minimum absolute atomic E-state index is 0.0192. The van der Waals surface area contributed by atoms with Crippen molar-refractivity contribution in [2.75, 3.05) is 0 Å². The zero-order valence-corrected chi connectivity index (χ0v) is 10.1. The van der Waals surface area contributed by atoms with E-state index in [2.05, 4.69) is 0 Å². The Morgan fingerprint density at radius 3 is 1.92 bits per heavy atom. The fourth-order valence-corrected chi connectivity index (χ4v) is 1.82. The zero-order chi connectivity index (χ0) is 9.99. The maximum atomic E-state index is 10.2. The van der Waals surface area contributed by atoms with Gasteiger partial charge in [0.05, 0.1) is 0 Å².